The third kappa shape index (κ3) is 5.40. The average Bonchev–Trinajstić information content (AvgIpc) is 2.84. The molecule has 0 aliphatic carbocycles. The van der Waals surface area contributed by atoms with Gasteiger partial charge in [0.2, 0.25) is 5.91 Å². The molecule has 0 bridgehead atoms. The van der Waals surface area contributed by atoms with Crippen molar-refractivity contribution in [3.8, 4) is 0 Å². The van der Waals surface area contributed by atoms with E-state index < -0.39 is 0 Å². The summed E-state index contributed by atoms with van der Waals surface area (Å²) in [6, 6.07) is 29.9. The summed E-state index contributed by atoms with van der Waals surface area (Å²) in [5.41, 5.74) is 2.99. The molecule has 4 heteroatoms. The lowest BCUT2D eigenvalue weighted by molar-refractivity contribution is -0.132. The van der Waals surface area contributed by atoms with E-state index in [2.05, 4.69) is 29.6 Å². The molecule has 3 aromatic rings. The molecule has 3 aromatic carbocycles. The van der Waals surface area contributed by atoms with Crippen LogP contribution in [0.5, 0.6) is 0 Å². The van der Waals surface area contributed by atoms with Crippen molar-refractivity contribution in [2.45, 2.75) is 31.2 Å². The standard InChI is InChI=1S/C27H28N2O2/c30-26(20-25(21-10-4-1-5-11-21)22-12-6-2-7-13-22)29-18-16-24(17-19-29)28-27(31)23-14-8-3-9-15-23/h1-15,24-25H,16-20H2,(H,28,31). The van der Waals surface area contributed by atoms with Crippen LogP contribution >= 0.6 is 0 Å². The van der Waals surface area contributed by atoms with Gasteiger partial charge in [-0.15, -0.1) is 0 Å². The Morgan fingerprint density at radius 3 is 1.77 bits per heavy atom. The summed E-state index contributed by atoms with van der Waals surface area (Å²) in [5.74, 6) is 0.176. The summed E-state index contributed by atoms with van der Waals surface area (Å²) in [6.45, 7) is 1.35. The molecule has 4 nitrogen and oxygen atoms in total. The van der Waals surface area contributed by atoms with E-state index in [0.29, 0.717) is 25.1 Å². The fourth-order valence-corrected chi connectivity index (χ4v) is 4.23. The van der Waals surface area contributed by atoms with Crippen molar-refractivity contribution in [1.29, 1.82) is 0 Å². The van der Waals surface area contributed by atoms with Crippen LogP contribution in [0.25, 0.3) is 0 Å². The Morgan fingerprint density at radius 1 is 0.774 bits per heavy atom. The molecule has 1 N–H and O–H groups in total. The molecular weight excluding hydrogens is 384 g/mol. The summed E-state index contributed by atoms with van der Waals surface area (Å²) in [7, 11) is 0. The van der Waals surface area contributed by atoms with Gasteiger partial charge in [-0.05, 0) is 36.1 Å². The Balaban J connectivity index is 1.36. The Hall–Kier alpha value is -3.40. The maximum absolute atomic E-state index is 13.1. The molecule has 1 aliphatic heterocycles. The molecule has 1 heterocycles. The van der Waals surface area contributed by atoms with E-state index in [0.717, 1.165) is 24.0 Å². The fraction of sp³-hybridized carbons (Fsp3) is 0.259. The lowest BCUT2D eigenvalue weighted by Crippen LogP contribution is -2.46. The van der Waals surface area contributed by atoms with Gasteiger partial charge in [-0.25, -0.2) is 0 Å². The molecule has 1 fully saturated rings. The number of nitrogens with one attached hydrogen (secondary N) is 1. The minimum Gasteiger partial charge on any atom is -0.349 e. The zero-order chi connectivity index (χ0) is 21.5. The van der Waals surface area contributed by atoms with Crippen molar-refractivity contribution in [2.24, 2.45) is 0 Å². The van der Waals surface area contributed by atoms with Gasteiger partial charge in [0.05, 0.1) is 0 Å². The highest BCUT2D eigenvalue weighted by molar-refractivity contribution is 5.94. The van der Waals surface area contributed by atoms with Crippen molar-refractivity contribution in [1.82, 2.24) is 10.2 Å². The molecule has 1 aliphatic rings. The van der Waals surface area contributed by atoms with E-state index in [1.54, 1.807) is 0 Å². The first-order valence-electron chi connectivity index (χ1n) is 10.9. The van der Waals surface area contributed by atoms with Crippen LogP contribution in [-0.4, -0.2) is 35.8 Å². The maximum Gasteiger partial charge on any atom is 0.251 e. The Labute approximate surface area is 183 Å². The molecule has 0 aromatic heterocycles. The summed E-state index contributed by atoms with van der Waals surface area (Å²) in [6.07, 6.45) is 2.02. The smallest absolute Gasteiger partial charge is 0.251 e. The monoisotopic (exact) mass is 412 g/mol. The summed E-state index contributed by atoms with van der Waals surface area (Å²) in [5, 5.41) is 3.11. The highest BCUT2D eigenvalue weighted by Gasteiger charge is 2.27. The zero-order valence-corrected chi connectivity index (χ0v) is 17.6. The highest BCUT2D eigenvalue weighted by atomic mass is 16.2. The van der Waals surface area contributed by atoms with E-state index in [4.69, 9.17) is 0 Å². The predicted molar refractivity (Wildman–Crippen MR) is 123 cm³/mol. The lowest BCUT2D eigenvalue weighted by atomic mass is 9.88. The summed E-state index contributed by atoms with van der Waals surface area (Å²) < 4.78 is 0. The van der Waals surface area contributed by atoms with Crippen LogP contribution < -0.4 is 5.32 Å². The number of hydrogen-bond donors (Lipinski definition) is 1. The quantitative estimate of drug-likeness (QED) is 0.642. The highest BCUT2D eigenvalue weighted by Crippen LogP contribution is 2.29. The third-order valence-electron chi connectivity index (χ3n) is 6.00. The fourth-order valence-electron chi connectivity index (χ4n) is 4.23. The van der Waals surface area contributed by atoms with Crippen LogP contribution in [0.1, 0.15) is 46.7 Å². The van der Waals surface area contributed by atoms with E-state index >= 15 is 0 Å². The number of carbonyl (C=O) groups is 2. The number of piperidine rings is 1. The van der Waals surface area contributed by atoms with Gasteiger partial charge in [-0.3, -0.25) is 9.59 Å². The molecule has 0 unspecified atom stereocenters. The Bertz CT molecular complexity index is 942. The van der Waals surface area contributed by atoms with E-state index in [1.165, 1.54) is 0 Å². The molecule has 0 radical (unpaired) electrons. The second-order valence-corrected chi connectivity index (χ2v) is 8.07. The molecule has 0 saturated carbocycles. The summed E-state index contributed by atoms with van der Waals surface area (Å²) >= 11 is 0. The normalized spacial score (nSPS) is 14.4. The van der Waals surface area contributed by atoms with Gasteiger partial charge in [-0.1, -0.05) is 78.9 Å². The van der Waals surface area contributed by atoms with Crippen LogP contribution in [0.15, 0.2) is 91.0 Å². The van der Waals surface area contributed by atoms with Crippen LogP contribution in [0.4, 0.5) is 0 Å². The average molecular weight is 413 g/mol. The topological polar surface area (TPSA) is 49.4 Å². The molecular formula is C27H28N2O2. The van der Waals surface area contributed by atoms with Crippen LogP contribution in [0, 0.1) is 0 Å². The minimum atomic E-state index is -0.0430. The molecule has 2 amide bonds. The van der Waals surface area contributed by atoms with Crippen molar-refractivity contribution in [3.05, 3.63) is 108 Å². The molecule has 4 rings (SSSR count). The molecule has 0 atom stereocenters. The van der Waals surface area contributed by atoms with Crippen molar-refractivity contribution in [3.63, 3.8) is 0 Å². The van der Waals surface area contributed by atoms with Crippen molar-refractivity contribution in [2.75, 3.05) is 13.1 Å². The SMILES string of the molecule is O=C(NC1CCN(C(=O)CC(c2ccccc2)c2ccccc2)CC1)c1ccccc1. The molecule has 0 spiro atoms. The first-order valence-corrected chi connectivity index (χ1v) is 10.9. The number of amides is 2. The first-order chi connectivity index (χ1) is 15.2. The van der Waals surface area contributed by atoms with Crippen molar-refractivity contribution >= 4 is 11.8 Å². The zero-order valence-electron chi connectivity index (χ0n) is 17.6. The van der Waals surface area contributed by atoms with Gasteiger partial charge in [0.15, 0.2) is 0 Å². The minimum absolute atomic E-state index is 0.0430. The number of rotatable bonds is 6. The van der Waals surface area contributed by atoms with Crippen LogP contribution in [0.2, 0.25) is 0 Å². The number of likely N-dealkylation sites (tertiary alicyclic amines) is 1. The van der Waals surface area contributed by atoms with Crippen LogP contribution in [-0.2, 0) is 4.79 Å². The van der Waals surface area contributed by atoms with Gasteiger partial charge >= 0.3 is 0 Å². The number of hydrogen-bond acceptors (Lipinski definition) is 2. The molecule has 31 heavy (non-hydrogen) atoms. The Kier molecular flexibility index (Phi) is 6.78. The second kappa shape index (κ2) is 10.1. The van der Waals surface area contributed by atoms with Gasteiger partial charge < -0.3 is 10.2 Å². The predicted octanol–water partition coefficient (Wildman–Crippen LogP) is 4.63. The van der Waals surface area contributed by atoms with Gasteiger partial charge in [0.1, 0.15) is 0 Å². The third-order valence-corrected chi connectivity index (χ3v) is 6.00. The van der Waals surface area contributed by atoms with E-state index in [-0.39, 0.29) is 23.8 Å². The van der Waals surface area contributed by atoms with E-state index in [9.17, 15) is 9.59 Å². The van der Waals surface area contributed by atoms with Gasteiger partial charge in [0, 0.05) is 37.0 Å². The largest absolute Gasteiger partial charge is 0.349 e. The lowest BCUT2D eigenvalue weighted by Gasteiger charge is -2.33. The number of carbonyl (C=O) groups excluding carboxylic acids is 2. The van der Waals surface area contributed by atoms with Gasteiger partial charge in [-0.2, -0.15) is 0 Å². The molecule has 1 saturated heterocycles. The Morgan fingerprint density at radius 2 is 1.26 bits per heavy atom. The summed E-state index contributed by atoms with van der Waals surface area (Å²) in [4.78, 5) is 27.5. The van der Waals surface area contributed by atoms with Gasteiger partial charge in [0.25, 0.3) is 5.91 Å². The number of benzene rings is 3. The molecule has 158 valence electrons. The number of nitrogens with zero attached hydrogens (tertiary/aromatic N) is 1. The van der Waals surface area contributed by atoms with E-state index in [1.807, 2.05) is 71.6 Å². The second-order valence-electron chi connectivity index (χ2n) is 8.07. The first kappa shape index (κ1) is 20.9. The van der Waals surface area contributed by atoms with Crippen molar-refractivity contribution < 1.29 is 9.59 Å². The maximum atomic E-state index is 13.1. The van der Waals surface area contributed by atoms with Crippen LogP contribution in [0.3, 0.4) is 0 Å².